The van der Waals surface area contributed by atoms with E-state index in [1.54, 1.807) is 6.07 Å². The van der Waals surface area contributed by atoms with Gasteiger partial charge in [0.05, 0.1) is 7.11 Å². The van der Waals surface area contributed by atoms with Crippen molar-refractivity contribution in [2.45, 2.75) is 51.9 Å². The van der Waals surface area contributed by atoms with Gasteiger partial charge in [0.1, 0.15) is 0 Å². The normalized spacial score (nSPS) is 10.5. The van der Waals surface area contributed by atoms with Gasteiger partial charge in [-0.05, 0) is 18.6 Å². The van der Waals surface area contributed by atoms with Crippen LogP contribution >= 0.6 is 0 Å². The molecule has 0 aromatic heterocycles. The highest BCUT2D eigenvalue weighted by Gasteiger charge is 2.02. The van der Waals surface area contributed by atoms with Crippen molar-refractivity contribution < 1.29 is 9.13 Å². The molecule has 1 rings (SSSR count). The average Bonchev–Trinajstić information content (AvgIpc) is 2.42. The number of hydrogen-bond acceptors (Lipinski definition) is 2. The smallest absolute Gasteiger partial charge is 0.167 e. The second-order valence-electron chi connectivity index (χ2n) is 4.90. The van der Waals surface area contributed by atoms with Crippen molar-refractivity contribution in [3.63, 3.8) is 0 Å². The lowest BCUT2D eigenvalue weighted by Crippen LogP contribution is -2.02. The summed E-state index contributed by atoms with van der Waals surface area (Å²) in [6.45, 7) is 3.14. The first-order chi connectivity index (χ1) is 9.27. The van der Waals surface area contributed by atoms with Crippen molar-refractivity contribution in [3.05, 3.63) is 24.0 Å². The van der Waals surface area contributed by atoms with Crippen LogP contribution in [0.1, 0.15) is 51.9 Å². The Bertz CT molecular complexity index is 355. The van der Waals surface area contributed by atoms with Gasteiger partial charge in [-0.2, -0.15) is 0 Å². The largest absolute Gasteiger partial charge is 0.494 e. The Kier molecular flexibility index (Phi) is 8.03. The van der Waals surface area contributed by atoms with Gasteiger partial charge in [-0.15, -0.1) is 0 Å². The van der Waals surface area contributed by atoms with E-state index in [1.807, 2.05) is 6.07 Å². The zero-order chi connectivity index (χ0) is 13.9. The summed E-state index contributed by atoms with van der Waals surface area (Å²) < 4.78 is 18.3. The van der Waals surface area contributed by atoms with Crippen LogP contribution in [0.25, 0.3) is 0 Å². The highest BCUT2D eigenvalue weighted by molar-refractivity contribution is 5.47. The summed E-state index contributed by atoms with van der Waals surface area (Å²) >= 11 is 0. The minimum absolute atomic E-state index is 0.293. The Hall–Kier alpha value is -1.25. The van der Waals surface area contributed by atoms with E-state index in [-0.39, 0.29) is 5.82 Å². The molecule has 19 heavy (non-hydrogen) atoms. The molecule has 0 spiro atoms. The molecule has 0 amide bonds. The predicted molar refractivity (Wildman–Crippen MR) is 79.4 cm³/mol. The molecule has 0 saturated heterocycles. The zero-order valence-electron chi connectivity index (χ0n) is 12.2. The Labute approximate surface area is 116 Å². The maximum Gasteiger partial charge on any atom is 0.167 e. The minimum Gasteiger partial charge on any atom is -0.494 e. The second kappa shape index (κ2) is 9.65. The van der Waals surface area contributed by atoms with Crippen LogP contribution in [0.4, 0.5) is 10.1 Å². The lowest BCUT2D eigenvalue weighted by atomic mass is 10.1. The third kappa shape index (κ3) is 6.46. The molecule has 108 valence electrons. The summed E-state index contributed by atoms with van der Waals surface area (Å²) in [5.41, 5.74) is 0.823. The number of benzene rings is 1. The molecule has 2 nitrogen and oxygen atoms in total. The number of halogens is 1. The van der Waals surface area contributed by atoms with Crippen LogP contribution in [0, 0.1) is 5.82 Å². The molecule has 0 saturated carbocycles. The number of ether oxygens (including phenoxy) is 1. The fourth-order valence-electron chi connectivity index (χ4n) is 2.09. The SMILES string of the molecule is CCCCCCCCCNc1ccc(OC)c(F)c1. The molecule has 1 aromatic rings. The Morgan fingerprint density at radius 2 is 1.74 bits per heavy atom. The monoisotopic (exact) mass is 267 g/mol. The van der Waals surface area contributed by atoms with Crippen LogP contribution in [0.15, 0.2) is 18.2 Å². The molecule has 0 aliphatic rings. The summed E-state index contributed by atoms with van der Waals surface area (Å²) in [6.07, 6.45) is 9.03. The van der Waals surface area contributed by atoms with Crippen LogP contribution in [0.3, 0.4) is 0 Å². The van der Waals surface area contributed by atoms with E-state index in [9.17, 15) is 4.39 Å². The van der Waals surface area contributed by atoms with E-state index >= 15 is 0 Å². The zero-order valence-corrected chi connectivity index (χ0v) is 12.2. The van der Waals surface area contributed by atoms with Gasteiger partial charge in [0.2, 0.25) is 0 Å². The molecule has 0 radical (unpaired) electrons. The van der Waals surface area contributed by atoms with Crippen molar-refractivity contribution in [2.24, 2.45) is 0 Å². The molecule has 1 aromatic carbocycles. The van der Waals surface area contributed by atoms with E-state index in [1.165, 1.54) is 51.7 Å². The minimum atomic E-state index is -0.313. The molecule has 0 bridgehead atoms. The van der Waals surface area contributed by atoms with Gasteiger partial charge in [0.15, 0.2) is 11.6 Å². The standard InChI is InChI=1S/C16H26FNO/c1-3-4-5-6-7-8-9-12-18-14-10-11-16(19-2)15(17)13-14/h10-11,13,18H,3-9,12H2,1-2H3. The molecule has 0 atom stereocenters. The van der Waals surface area contributed by atoms with Gasteiger partial charge in [0, 0.05) is 18.3 Å². The molecule has 0 aliphatic carbocycles. The van der Waals surface area contributed by atoms with Crippen molar-refractivity contribution in [1.29, 1.82) is 0 Å². The van der Waals surface area contributed by atoms with Crippen LogP contribution in [-0.2, 0) is 0 Å². The molecule has 0 unspecified atom stereocenters. The molecule has 1 N–H and O–H groups in total. The van der Waals surface area contributed by atoms with Crippen molar-refractivity contribution >= 4 is 5.69 Å². The fourth-order valence-corrected chi connectivity index (χ4v) is 2.09. The van der Waals surface area contributed by atoms with Gasteiger partial charge in [-0.3, -0.25) is 0 Å². The quantitative estimate of drug-likeness (QED) is 0.602. The summed E-state index contributed by atoms with van der Waals surface area (Å²) in [5.74, 6) is -0.0199. The van der Waals surface area contributed by atoms with Gasteiger partial charge >= 0.3 is 0 Å². The fraction of sp³-hybridized carbons (Fsp3) is 0.625. The Balaban J connectivity index is 2.11. The first kappa shape index (κ1) is 15.8. The highest BCUT2D eigenvalue weighted by atomic mass is 19.1. The maximum atomic E-state index is 13.4. The maximum absolute atomic E-state index is 13.4. The van der Waals surface area contributed by atoms with Crippen molar-refractivity contribution in [3.8, 4) is 5.75 Å². The van der Waals surface area contributed by atoms with Crippen LogP contribution < -0.4 is 10.1 Å². The van der Waals surface area contributed by atoms with Crippen LogP contribution in [0.2, 0.25) is 0 Å². The molecule has 0 heterocycles. The molecule has 0 fully saturated rings. The second-order valence-corrected chi connectivity index (χ2v) is 4.90. The Morgan fingerprint density at radius 3 is 2.37 bits per heavy atom. The summed E-state index contributed by atoms with van der Waals surface area (Å²) in [7, 11) is 1.48. The topological polar surface area (TPSA) is 21.3 Å². The van der Waals surface area contributed by atoms with Crippen LogP contribution in [0.5, 0.6) is 5.75 Å². The van der Waals surface area contributed by atoms with E-state index in [0.29, 0.717) is 5.75 Å². The van der Waals surface area contributed by atoms with Gasteiger partial charge < -0.3 is 10.1 Å². The van der Waals surface area contributed by atoms with E-state index in [4.69, 9.17) is 4.74 Å². The molecular formula is C16H26FNO. The number of nitrogens with one attached hydrogen (secondary N) is 1. The third-order valence-corrected chi connectivity index (χ3v) is 3.26. The van der Waals surface area contributed by atoms with Crippen LogP contribution in [-0.4, -0.2) is 13.7 Å². The predicted octanol–water partition coefficient (Wildman–Crippen LogP) is 5.00. The number of anilines is 1. The Morgan fingerprint density at radius 1 is 1.05 bits per heavy atom. The van der Waals surface area contributed by atoms with E-state index in [2.05, 4.69) is 12.2 Å². The highest BCUT2D eigenvalue weighted by Crippen LogP contribution is 2.20. The van der Waals surface area contributed by atoms with Gasteiger partial charge in [-0.25, -0.2) is 4.39 Å². The van der Waals surface area contributed by atoms with Crippen molar-refractivity contribution in [1.82, 2.24) is 0 Å². The van der Waals surface area contributed by atoms with Crippen molar-refractivity contribution in [2.75, 3.05) is 19.0 Å². The van der Waals surface area contributed by atoms with E-state index in [0.717, 1.165) is 18.7 Å². The molecule has 0 aliphatic heterocycles. The number of rotatable bonds is 10. The summed E-state index contributed by atoms with van der Waals surface area (Å²) in [6, 6.07) is 4.99. The summed E-state index contributed by atoms with van der Waals surface area (Å²) in [4.78, 5) is 0. The number of methoxy groups -OCH3 is 1. The lowest BCUT2D eigenvalue weighted by Gasteiger charge is -2.08. The summed E-state index contributed by atoms with van der Waals surface area (Å²) in [5, 5.41) is 3.24. The van der Waals surface area contributed by atoms with E-state index < -0.39 is 0 Å². The first-order valence-electron chi connectivity index (χ1n) is 7.35. The number of hydrogen-bond donors (Lipinski definition) is 1. The van der Waals surface area contributed by atoms with Gasteiger partial charge in [-0.1, -0.05) is 45.4 Å². The molecule has 3 heteroatoms. The van der Waals surface area contributed by atoms with Gasteiger partial charge in [0.25, 0.3) is 0 Å². The lowest BCUT2D eigenvalue weighted by molar-refractivity contribution is 0.386. The number of unbranched alkanes of at least 4 members (excludes halogenated alkanes) is 6. The third-order valence-electron chi connectivity index (χ3n) is 3.26. The first-order valence-corrected chi connectivity index (χ1v) is 7.35. The molecular weight excluding hydrogens is 241 g/mol. The average molecular weight is 267 g/mol.